The van der Waals surface area contributed by atoms with Gasteiger partial charge in [0.1, 0.15) is 0 Å². The van der Waals surface area contributed by atoms with Crippen molar-refractivity contribution in [2.45, 2.75) is 31.6 Å². The zero-order valence-electron chi connectivity index (χ0n) is 21.4. The van der Waals surface area contributed by atoms with Crippen LogP contribution in [0, 0.1) is 12.7 Å². The second-order valence-electron chi connectivity index (χ2n) is 9.47. The Morgan fingerprint density at radius 2 is 1.82 bits per heavy atom. The number of fused-ring (bicyclic) bond motifs is 2. The van der Waals surface area contributed by atoms with Crippen molar-refractivity contribution >= 4 is 20.9 Å². The van der Waals surface area contributed by atoms with Crippen molar-refractivity contribution in [3.8, 4) is 22.8 Å². The van der Waals surface area contributed by atoms with Gasteiger partial charge in [0.05, 0.1) is 35.4 Å². The molecular formula is C28H24FN5O5S. The van der Waals surface area contributed by atoms with Crippen molar-refractivity contribution in [1.29, 1.82) is 0 Å². The first-order valence-corrected chi connectivity index (χ1v) is 14.2. The van der Waals surface area contributed by atoms with Crippen LogP contribution in [0.2, 0.25) is 0 Å². The first-order chi connectivity index (χ1) is 19.3. The van der Waals surface area contributed by atoms with Gasteiger partial charge in [-0.05, 0) is 55.3 Å². The second-order valence-corrected chi connectivity index (χ2v) is 11.5. The number of rotatable bonds is 8. The Labute approximate surface area is 228 Å². The SMILES string of the molecule is Cc1cc(-c2cc(F)c(=O)n(Cc3ccc4c(c3)OCO4)c2)nc(S(=O)(=O)CCCn2cnc3ccccc32)n1. The van der Waals surface area contributed by atoms with E-state index in [9.17, 15) is 17.6 Å². The molecule has 1 aliphatic rings. The highest BCUT2D eigenvalue weighted by molar-refractivity contribution is 7.91. The Kier molecular flexibility index (Phi) is 6.54. The Bertz CT molecular complexity index is 1920. The molecule has 40 heavy (non-hydrogen) atoms. The van der Waals surface area contributed by atoms with Crippen LogP contribution >= 0.6 is 0 Å². The minimum absolute atomic E-state index is 0.0678. The Hall–Kier alpha value is -4.58. The number of aromatic nitrogens is 5. The molecule has 5 aromatic rings. The van der Waals surface area contributed by atoms with Crippen molar-refractivity contribution in [2.24, 2.45) is 0 Å². The van der Waals surface area contributed by atoms with Crippen molar-refractivity contribution < 1.29 is 22.3 Å². The summed E-state index contributed by atoms with van der Waals surface area (Å²) in [4.78, 5) is 25.3. The topological polar surface area (TPSA) is 118 Å². The van der Waals surface area contributed by atoms with E-state index >= 15 is 0 Å². The lowest BCUT2D eigenvalue weighted by molar-refractivity contribution is 0.174. The molecule has 12 heteroatoms. The Morgan fingerprint density at radius 1 is 1.00 bits per heavy atom. The summed E-state index contributed by atoms with van der Waals surface area (Å²) in [7, 11) is -3.85. The number of nitrogens with zero attached hydrogens (tertiary/aromatic N) is 5. The number of sulfone groups is 1. The van der Waals surface area contributed by atoms with Crippen molar-refractivity contribution in [1.82, 2.24) is 24.1 Å². The molecule has 204 valence electrons. The summed E-state index contributed by atoms with van der Waals surface area (Å²) >= 11 is 0. The maximum absolute atomic E-state index is 14.7. The number of pyridine rings is 1. The molecule has 4 heterocycles. The monoisotopic (exact) mass is 561 g/mol. The summed E-state index contributed by atoms with van der Waals surface area (Å²) in [6.45, 7) is 2.27. The van der Waals surface area contributed by atoms with Crippen molar-refractivity contribution in [3.63, 3.8) is 0 Å². The van der Waals surface area contributed by atoms with Gasteiger partial charge >= 0.3 is 0 Å². The summed E-state index contributed by atoms with van der Waals surface area (Å²) in [5.41, 5.74) is 2.51. The van der Waals surface area contributed by atoms with Crippen LogP contribution in [0.4, 0.5) is 4.39 Å². The third-order valence-electron chi connectivity index (χ3n) is 6.58. The maximum Gasteiger partial charge on any atom is 0.286 e. The van der Waals surface area contributed by atoms with Crippen LogP contribution < -0.4 is 15.0 Å². The smallest absolute Gasteiger partial charge is 0.286 e. The lowest BCUT2D eigenvalue weighted by Crippen LogP contribution is -2.23. The molecule has 0 bridgehead atoms. The third kappa shape index (κ3) is 5.05. The number of para-hydroxylation sites is 2. The van der Waals surface area contributed by atoms with Crippen LogP contribution in [0.15, 0.2) is 77.1 Å². The normalized spacial score (nSPS) is 12.8. The third-order valence-corrected chi connectivity index (χ3v) is 8.14. The molecule has 0 saturated carbocycles. The molecular weight excluding hydrogens is 537 g/mol. The molecule has 0 saturated heterocycles. The quantitative estimate of drug-likeness (QED) is 0.263. The van der Waals surface area contributed by atoms with E-state index in [1.165, 1.54) is 10.8 Å². The first kappa shape index (κ1) is 25.7. The summed E-state index contributed by atoms with van der Waals surface area (Å²) in [5.74, 6) is -0.0175. The summed E-state index contributed by atoms with van der Waals surface area (Å²) < 4.78 is 54.9. The second kappa shape index (κ2) is 10.2. The van der Waals surface area contributed by atoms with E-state index in [4.69, 9.17) is 9.47 Å². The molecule has 0 amide bonds. The summed E-state index contributed by atoms with van der Waals surface area (Å²) in [5, 5.41) is -0.341. The van der Waals surface area contributed by atoms with Gasteiger partial charge in [-0.25, -0.2) is 27.8 Å². The molecule has 2 aromatic carbocycles. The molecule has 0 unspecified atom stereocenters. The van der Waals surface area contributed by atoms with E-state index in [1.807, 2.05) is 28.8 Å². The maximum atomic E-state index is 14.7. The largest absolute Gasteiger partial charge is 0.454 e. The van der Waals surface area contributed by atoms with Crippen LogP contribution in [-0.2, 0) is 22.9 Å². The number of hydrogen-bond donors (Lipinski definition) is 0. The van der Waals surface area contributed by atoms with Crippen LogP contribution in [0.1, 0.15) is 17.7 Å². The average molecular weight is 562 g/mol. The molecule has 3 aromatic heterocycles. The van der Waals surface area contributed by atoms with Gasteiger partial charge in [0.25, 0.3) is 5.56 Å². The zero-order chi connectivity index (χ0) is 27.9. The lowest BCUT2D eigenvalue weighted by Gasteiger charge is -2.11. The fourth-order valence-electron chi connectivity index (χ4n) is 4.63. The number of imidazole rings is 1. The lowest BCUT2D eigenvalue weighted by atomic mass is 10.1. The van der Waals surface area contributed by atoms with Gasteiger partial charge in [-0.1, -0.05) is 18.2 Å². The summed E-state index contributed by atoms with van der Waals surface area (Å²) in [6, 6.07) is 15.4. The molecule has 6 rings (SSSR count). The minimum atomic E-state index is -3.85. The molecule has 0 atom stereocenters. The number of halogens is 1. The van der Waals surface area contributed by atoms with E-state index in [1.54, 1.807) is 37.5 Å². The summed E-state index contributed by atoms with van der Waals surface area (Å²) in [6.07, 6.45) is 3.47. The highest BCUT2D eigenvalue weighted by atomic mass is 32.2. The van der Waals surface area contributed by atoms with Gasteiger partial charge < -0.3 is 18.6 Å². The Morgan fingerprint density at radius 3 is 2.70 bits per heavy atom. The average Bonchev–Trinajstić information content (AvgIpc) is 3.57. The number of aryl methyl sites for hydroxylation is 2. The van der Waals surface area contributed by atoms with Gasteiger partial charge in [-0.2, -0.15) is 0 Å². The first-order valence-electron chi connectivity index (χ1n) is 12.5. The van der Waals surface area contributed by atoms with Crippen LogP contribution in [-0.4, -0.2) is 45.0 Å². The van der Waals surface area contributed by atoms with Gasteiger partial charge in [0.15, 0.2) is 17.3 Å². The van der Waals surface area contributed by atoms with Gasteiger partial charge in [-0.3, -0.25) is 4.79 Å². The molecule has 1 aliphatic heterocycles. The molecule has 0 radical (unpaired) electrons. The van der Waals surface area contributed by atoms with Gasteiger partial charge in [0.2, 0.25) is 21.8 Å². The van der Waals surface area contributed by atoms with Crippen molar-refractivity contribution in [2.75, 3.05) is 12.5 Å². The van der Waals surface area contributed by atoms with E-state index in [2.05, 4.69) is 15.0 Å². The standard InChI is InChI=1S/C28H24FN5O5S/c1-18-11-23(20-13-21(29)27(35)34(15-20)14-19-7-8-25-26(12-19)39-17-38-25)32-28(31-18)40(36,37)10-4-9-33-16-30-22-5-2-3-6-24(22)33/h2-3,5-8,11-13,15-16H,4,9-10,14,17H2,1H3. The van der Waals surface area contributed by atoms with Gasteiger partial charge in [0, 0.05) is 24.0 Å². The molecule has 0 aliphatic carbocycles. The van der Waals surface area contributed by atoms with Crippen LogP contribution in [0.3, 0.4) is 0 Å². The highest BCUT2D eigenvalue weighted by Crippen LogP contribution is 2.32. The van der Waals surface area contributed by atoms with E-state index in [0.717, 1.165) is 17.1 Å². The Balaban J connectivity index is 1.25. The molecule has 0 N–H and O–H groups in total. The van der Waals surface area contributed by atoms with E-state index < -0.39 is 21.2 Å². The zero-order valence-corrected chi connectivity index (χ0v) is 22.3. The fourth-order valence-corrected chi connectivity index (χ4v) is 5.84. The number of hydrogen-bond acceptors (Lipinski definition) is 8. The number of ether oxygens (including phenoxy) is 2. The fraction of sp³-hybridized carbons (Fsp3) is 0.214. The van der Waals surface area contributed by atoms with E-state index in [0.29, 0.717) is 35.7 Å². The van der Waals surface area contributed by atoms with Crippen LogP contribution in [0.25, 0.3) is 22.3 Å². The molecule has 0 fully saturated rings. The van der Waals surface area contributed by atoms with Gasteiger partial charge in [-0.15, -0.1) is 0 Å². The molecule has 10 nitrogen and oxygen atoms in total. The predicted molar refractivity (Wildman–Crippen MR) is 144 cm³/mol. The highest BCUT2D eigenvalue weighted by Gasteiger charge is 2.21. The van der Waals surface area contributed by atoms with E-state index in [-0.39, 0.29) is 35.5 Å². The molecule has 0 spiro atoms. The minimum Gasteiger partial charge on any atom is -0.454 e. The number of benzene rings is 2. The predicted octanol–water partition coefficient (Wildman–Crippen LogP) is 3.74. The van der Waals surface area contributed by atoms with Crippen molar-refractivity contribution in [3.05, 3.63) is 94.5 Å². The van der Waals surface area contributed by atoms with Crippen LogP contribution in [0.5, 0.6) is 11.5 Å².